The van der Waals surface area contributed by atoms with Crippen LogP contribution in [0.25, 0.3) is 0 Å². The van der Waals surface area contributed by atoms with Crippen LogP contribution in [0.15, 0.2) is 18.5 Å². The van der Waals surface area contributed by atoms with Crippen LogP contribution in [0.1, 0.15) is 29.6 Å². The minimum Gasteiger partial charge on any atom is -0.342 e. The molecule has 0 aliphatic rings. The third kappa shape index (κ3) is 3.94. The van der Waals surface area contributed by atoms with Crippen LogP contribution in [0, 0.1) is 0 Å². The Bertz CT molecular complexity index is 315. The Morgan fingerprint density at radius 1 is 1.38 bits per heavy atom. The molecule has 0 fully saturated rings. The van der Waals surface area contributed by atoms with Crippen molar-refractivity contribution in [2.45, 2.75) is 19.3 Å². The molecular formula is C11H18N4O. The maximum absolute atomic E-state index is 11.8. The molecule has 0 aliphatic heterocycles. The van der Waals surface area contributed by atoms with Crippen molar-refractivity contribution in [1.82, 2.24) is 15.1 Å². The zero-order chi connectivity index (χ0) is 11.8. The van der Waals surface area contributed by atoms with Crippen molar-refractivity contribution in [3.05, 3.63) is 24.0 Å². The first kappa shape index (κ1) is 12.6. The van der Waals surface area contributed by atoms with Gasteiger partial charge in [-0.2, -0.15) is 10.2 Å². The van der Waals surface area contributed by atoms with Gasteiger partial charge in [0, 0.05) is 13.6 Å². The number of unbranched alkanes of at least 4 members (excludes halogenated alkanes) is 2. The summed E-state index contributed by atoms with van der Waals surface area (Å²) >= 11 is 0. The molecule has 88 valence electrons. The highest BCUT2D eigenvalue weighted by molar-refractivity contribution is 5.93. The highest BCUT2D eigenvalue weighted by atomic mass is 16.2. The normalized spacial score (nSPS) is 10.1. The fourth-order valence-corrected chi connectivity index (χ4v) is 1.41. The summed E-state index contributed by atoms with van der Waals surface area (Å²) < 4.78 is 0. The van der Waals surface area contributed by atoms with Gasteiger partial charge in [0.25, 0.3) is 5.91 Å². The van der Waals surface area contributed by atoms with Crippen LogP contribution < -0.4 is 5.73 Å². The van der Waals surface area contributed by atoms with Gasteiger partial charge in [0.2, 0.25) is 0 Å². The number of nitrogens with zero attached hydrogens (tertiary/aromatic N) is 3. The van der Waals surface area contributed by atoms with Crippen molar-refractivity contribution in [2.75, 3.05) is 20.1 Å². The molecule has 1 heterocycles. The number of carbonyl (C=O) groups is 1. The molecule has 1 aromatic heterocycles. The van der Waals surface area contributed by atoms with E-state index in [4.69, 9.17) is 5.73 Å². The summed E-state index contributed by atoms with van der Waals surface area (Å²) in [6, 6.07) is 1.67. The van der Waals surface area contributed by atoms with E-state index < -0.39 is 0 Å². The molecule has 2 N–H and O–H groups in total. The standard InChI is InChI=1S/C11H18N4O/c1-15(8-4-2-3-6-12)11(16)10-5-7-13-14-9-10/h5,7,9H,2-4,6,8,12H2,1H3. The van der Waals surface area contributed by atoms with Crippen molar-refractivity contribution >= 4 is 5.91 Å². The topological polar surface area (TPSA) is 72.1 Å². The van der Waals surface area contributed by atoms with E-state index in [1.807, 2.05) is 0 Å². The van der Waals surface area contributed by atoms with Crippen molar-refractivity contribution in [1.29, 1.82) is 0 Å². The average molecular weight is 222 g/mol. The molecule has 1 amide bonds. The monoisotopic (exact) mass is 222 g/mol. The van der Waals surface area contributed by atoms with Gasteiger partial charge in [-0.1, -0.05) is 6.42 Å². The van der Waals surface area contributed by atoms with Crippen molar-refractivity contribution in [2.24, 2.45) is 5.73 Å². The molecule has 5 nitrogen and oxygen atoms in total. The van der Waals surface area contributed by atoms with Crippen LogP contribution in [-0.2, 0) is 0 Å². The Morgan fingerprint density at radius 2 is 2.19 bits per heavy atom. The smallest absolute Gasteiger partial charge is 0.255 e. The van der Waals surface area contributed by atoms with E-state index in [-0.39, 0.29) is 5.91 Å². The number of carbonyl (C=O) groups excluding carboxylic acids is 1. The molecule has 0 saturated heterocycles. The second kappa shape index (κ2) is 6.90. The Hall–Kier alpha value is -1.49. The lowest BCUT2D eigenvalue weighted by Crippen LogP contribution is -2.27. The molecule has 16 heavy (non-hydrogen) atoms. The van der Waals surface area contributed by atoms with Crippen LogP contribution in [0.2, 0.25) is 0 Å². The lowest BCUT2D eigenvalue weighted by Gasteiger charge is -2.16. The second-order valence-corrected chi connectivity index (χ2v) is 3.71. The Morgan fingerprint density at radius 3 is 2.81 bits per heavy atom. The number of hydrogen-bond donors (Lipinski definition) is 1. The highest BCUT2D eigenvalue weighted by Gasteiger charge is 2.10. The predicted molar refractivity (Wildman–Crippen MR) is 61.9 cm³/mol. The SMILES string of the molecule is CN(CCCCCN)C(=O)c1ccnnc1. The van der Waals surface area contributed by atoms with Gasteiger partial charge in [-0.25, -0.2) is 0 Å². The number of aromatic nitrogens is 2. The van der Waals surface area contributed by atoms with Gasteiger partial charge < -0.3 is 10.6 Å². The minimum absolute atomic E-state index is 0.0114. The van der Waals surface area contributed by atoms with Crippen molar-refractivity contribution < 1.29 is 4.79 Å². The van der Waals surface area contributed by atoms with E-state index in [1.165, 1.54) is 12.4 Å². The fourth-order valence-electron chi connectivity index (χ4n) is 1.41. The molecule has 0 atom stereocenters. The van der Waals surface area contributed by atoms with Gasteiger partial charge in [-0.15, -0.1) is 0 Å². The minimum atomic E-state index is -0.0114. The number of hydrogen-bond acceptors (Lipinski definition) is 4. The summed E-state index contributed by atoms with van der Waals surface area (Å²) in [5, 5.41) is 7.32. The van der Waals surface area contributed by atoms with Crippen LogP contribution in [0.5, 0.6) is 0 Å². The Kier molecular flexibility index (Phi) is 5.42. The van der Waals surface area contributed by atoms with Gasteiger partial charge in [-0.05, 0) is 25.5 Å². The summed E-state index contributed by atoms with van der Waals surface area (Å²) in [7, 11) is 1.80. The van der Waals surface area contributed by atoms with E-state index >= 15 is 0 Å². The van der Waals surface area contributed by atoms with E-state index in [9.17, 15) is 4.79 Å². The first-order chi connectivity index (χ1) is 7.75. The lowest BCUT2D eigenvalue weighted by atomic mass is 10.2. The zero-order valence-electron chi connectivity index (χ0n) is 9.59. The molecule has 1 aromatic rings. The van der Waals surface area contributed by atoms with Gasteiger partial charge in [0.1, 0.15) is 0 Å². The molecule has 0 saturated carbocycles. The number of rotatable bonds is 6. The summed E-state index contributed by atoms with van der Waals surface area (Å²) in [4.78, 5) is 13.5. The molecule has 1 rings (SSSR count). The molecule has 5 heteroatoms. The molecule has 0 spiro atoms. The molecule has 0 aromatic carbocycles. The molecular weight excluding hydrogens is 204 g/mol. The third-order valence-electron chi connectivity index (χ3n) is 2.38. The quantitative estimate of drug-likeness (QED) is 0.718. The zero-order valence-corrected chi connectivity index (χ0v) is 9.59. The van der Waals surface area contributed by atoms with Gasteiger partial charge in [0.05, 0.1) is 18.0 Å². The van der Waals surface area contributed by atoms with Gasteiger partial charge >= 0.3 is 0 Å². The predicted octanol–water partition coefficient (Wildman–Crippen LogP) is 0.678. The molecule has 0 radical (unpaired) electrons. The maximum atomic E-state index is 11.8. The summed E-state index contributed by atoms with van der Waals surface area (Å²) in [5.41, 5.74) is 5.98. The van der Waals surface area contributed by atoms with Gasteiger partial charge in [-0.3, -0.25) is 4.79 Å². The summed E-state index contributed by atoms with van der Waals surface area (Å²) in [6.07, 6.45) is 6.06. The van der Waals surface area contributed by atoms with Crippen LogP contribution >= 0.6 is 0 Å². The Labute approximate surface area is 95.7 Å². The Balaban J connectivity index is 2.37. The number of amides is 1. The maximum Gasteiger partial charge on any atom is 0.255 e. The lowest BCUT2D eigenvalue weighted by molar-refractivity contribution is 0.0792. The van der Waals surface area contributed by atoms with E-state index in [0.29, 0.717) is 12.1 Å². The fraction of sp³-hybridized carbons (Fsp3) is 0.545. The second-order valence-electron chi connectivity index (χ2n) is 3.71. The van der Waals surface area contributed by atoms with E-state index in [1.54, 1.807) is 18.0 Å². The first-order valence-electron chi connectivity index (χ1n) is 5.48. The van der Waals surface area contributed by atoms with Crippen molar-refractivity contribution in [3.63, 3.8) is 0 Å². The number of nitrogens with two attached hydrogens (primary N) is 1. The van der Waals surface area contributed by atoms with Crippen LogP contribution in [0.3, 0.4) is 0 Å². The van der Waals surface area contributed by atoms with E-state index in [0.717, 1.165) is 25.8 Å². The van der Waals surface area contributed by atoms with Crippen LogP contribution in [0.4, 0.5) is 0 Å². The molecule has 0 bridgehead atoms. The van der Waals surface area contributed by atoms with Crippen molar-refractivity contribution in [3.8, 4) is 0 Å². The molecule has 0 unspecified atom stereocenters. The third-order valence-corrected chi connectivity index (χ3v) is 2.38. The van der Waals surface area contributed by atoms with Crippen LogP contribution in [-0.4, -0.2) is 41.1 Å². The van der Waals surface area contributed by atoms with Gasteiger partial charge in [0.15, 0.2) is 0 Å². The summed E-state index contributed by atoms with van der Waals surface area (Å²) in [6.45, 7) is 1.47. The largest absolute Gasteiger partial charge is 0.342 e. The average Bonchev–Trinajstić information content (AvgIpc) is 2.34. The first-order valence-corrected chi connectivity index (χ1v) is 5.48. The summed E-state index contributed by atoms with van der Waals surface area (Å²) in [5.74, 6) is -0.0114. The molecule has 0 aliphatic carbocycles. The van der Waals surface area contributed by atoms with E-state index in [2.05, 4.69) is 10.2 Å². The highest BCUT2D eigenvalue weighted by Crippen LogP contribution is 2.02.